The Hall–Kier alpha value is -0.120. The summed E-state index contributed by atoms with van der Waals surface area (Å²) in [5.74, 6) is 0. The molecule has 3 heteroatoms. The monoisotopic (exact) mass is 254 g/mol. The predicted molar refractivity (Wildman–Crippen MR) is 75.9 cm³/mol. The van der Waals surface area contributed by atoms with Gasteiger partial charge in [-0.1, -0.05) is 13.3 Å². The number of piperidine rings is 1. The van der Waals surface area contributed by atoms with Crippen LogP contribution in [-0.4, -0.2) is 38.9 Å². The van der Waals surface area contributed by atoms with Gasteiger partial charge >= 0.3 is 0 Å². The zero-order chi connectivity index (χ0) is 12.7. The third-order valence-corrected chi connectivity index (χ3v) is 4.51. The Kier molecular flexibility index (Phi) is 5.93. The number of ether oxygens (including phenoxy) is 1. The summed E-state index contributed by atoms with van der Waals surface area (Å²) in [6, 6.07) is 0. The van der Waals surface area contributed by atoms with Crippen LogP contribution in [0.4, 0.5) is 0 Å². The molecule has 18 heavy (non-hydrogen) atoms. The summed E-state index contributed by atoms with van der Waals surface area (Å²) >= 11 is 0. The molecule has 2 N–H and O–H groups in total. The second-order valence-electron chi connectivity index (χ2n) is 6.13. The quantitative estimate of drug-likeness (QED) is 0.684. The summed E-state index contributed by atoms with van der Waals surface area (Å²) in [7, 11) is 0. The minimum absolute atomic E-state index is 0.517. The van der Waals surface area contributed by atoms with Crippen LogP contribution in [0, 0.1) is 5.41 Å². The summed E-state index contributed by atoms with van der Waals surface area (Å²) in [5.41, 5.74) is 0.517. The molecule has 2 aliphatic rings. The molecular formula is C15H30N2O. The molecule has 0 aromatic rings. The fourth-order valence-electron chi connectivity index (χ4n) is 3.50. The maximum atomic E-state index is 5.67. The molecule has 2 rings (SSSR count). The minimum Gasteiger partial charge on any atom is -0.378 e. The van der Waals surface area contributed by atoms with Crippen molar-refractivity contribution in [3.63, 3.8) is 0 Å². The van der Waals surface area contributed by atoms with Gasteiger partial charge in [-0.3, -0.25) is 0 Å². The van der Waals surface area contributed by atoms with Gasteiger partial charge in [-0.05, 0) is 57.0 Å². The van der Waals surface area contributed by atoms with E-state index in [-0.39, 0.29) is 0 Å². The van der Waals surface area contributed by atoms with Gasteiger partial charge in [-0.2, -0.15) is 0 Å². The molecule has 0 aliphatic carbocycles. The molecule has 2 heterocycles. The first-order chi connectivity index (χ1) is 8.85. The van der Waals surface area contributed by atoms with Crippen molar-refractivity contribution in [2.45, 2.75) is 58.0 Å². The van der Waals surface area contributed by atoms with Crippen molar-refractivity contribution in [3.05, 3.63) is 0 Å². The van der Waals surface area contributed by atoms with Gasteiger partial charge in [0.2, 0.25) is 0 Å². The van der Waals surface area contributed by atoms with Gasteiger partial charge in [0.05, 0.1) is 6.10 Å². The minimum atomic E-state index is 0.517. The van der Waals surface area contributed by atoms with E-state index in [0.29, 0.717) is 11.5 Å². The topological polar surface area (TPSA) is 33.3 Å². The Bertz CT molecular complexity index is 215. The second-order valence-corrected chi connectivity index (χ2v) is 6.13. The lowest BCUT2D eigenvalue weighted by atomic mass is 9.77. The van der Waals surface area contributed by atoms with E-state index in [2.05, 4.69) is 17.6 Å². The van der Waals surface area contributed by atoms with Gasteiger partial charge in [0.25, 0.3) is 0 Å². The van der Waals surface area contributed by atoms with Crippen LogP contribution in [0.25, 0.3) is 0 Å². The van der Waals surface area contributed by atoms with Crippen LogP contribution in [0.5, 0.6) is 0 Å². The maximum absolute atomic E-state index is 5.67. The van der Waals surface area contributed by atoms with Crippen LogP contribution in [0.2, 0.25) is 0 Å². The molecule has 2 fully saturated rings. The average molecular weight is 254 g/mol. The molecule has 0 bridgehead atoms. The lowest BCUT2D eigenvalue weighted by molar-refractivity contribution is 0.102. The molecular weight excluding hydrogens is 224 g/mol. The zero-order valence-electron chi connectivity index (χ0n) is 12.0. The third kappa shape index (κ3) is 4.22. The molecule has 0 amide bonds. The average Bonchev–Trinajstić information content (AvgIpc) is 2.89. The summed E-state index contributed by atoms with van der Waals surface area (Å²) in [4.78, 5) is 0. The zero-order valence-corrected chi connectivity index (χ0v) is 12.0. The van der Waals surface area contributed by atoms with E-state index >= 15 is 0 Å². The Balaban J connectivity index is 1.65. The molecule has 3 nitrogen and oxygen atoms in total. The predicted octanol–water partition coefficient (Wildman–Crippen LogP) is 2.32. The van der Waals surface area contributed by atoms with Crippen LogP contribution >= 0.6 is 0 Å². The molecule has 0 aromatic carbocycles. The molecule has 0 spiro atoms. The Morgan fingerprint density at radius 2 is 2.33 bits per heavy atom. The Labute approximate surface area is 112 Å². The summed E-state index contributed by atoms with van der Waals surface area (Å²) in [5, 5.41) is 7.27. The number of hydrogen-bond acceptors (Lipinski definition) is 3. The standard InChI is InChI=1S/C15H30N2O/c1-2-7-15(8-4-9-16-12-15)13-17-10-6-14-5-3-11-18-14/h14,16-17H,2-13H2,1H3. The van der Waals surface area contributed by atoms with Crippen molar-refractivity contribution < 1.29 is 4.74 Å². The molecule has 2 aliphatic heterocycles. The Morgan fingerprint density at radius 3 is 3.00 bits per heavy atom. The van der Waals surface area contributed by atoms with E-state index in [4.69, 9.17) is 4.74 Å². The highest BCUT2D eigenvalue weighted by atomic mass is 16.5. The molecule has 106 valence electrons. The molecule has 0 radical (unpaired) electrons. The van der Waals surface area contributed by atoms with Crippen LogP contribution in [-0.2, 0) is 4.74 Å². The van der Waals surface area contributed by atoms with E-state index in [0.717, 1.165) is 13.2 Å². The first kappa shape index (κ1) is 14.3. The summed E-state index contributed by atoms with van der Waals surface area (Å²) in [6.07, 6.45) is 9.63. The van der Waals surface area contributed by atoms with Gasteiger partial charge in [0.15, 0.2) is 0 Å². The third-order valence-electron chi connectivity index (χ3n) is 4.51. The summed E-state index contributed by atoms with van der Waals surface area (Å²) < 4.78 is 5.67. The Morgan fingerprint density at radius 1 is 1.39 bits per heavy atom. The molecule has 0 saturated carbocycles. The van der Waals surface area contributed by atoms with Gasteiger partial charge in [0, 0.05) is 19.7 Å². The van der Waals surface area contributed by atoms with E-state index in [9.17, 15) is 0 Å². The van der Waals surface area contributed by atoms with E-state index in [1.807, 2.05) is 0 Å². The van der Waals surface area contributed by atoms with Crippen molar-refractivity contribution in [3.8, 4) is 0 Å². The van der Waals surface area contributed by atoms with E-state index < -0.39 is 0 Å². The fourth-order valence-corrected chi connectivity index (χ4v) is 3.50. The first-order valence-electron chi connectivity index (χ1n) is 7.88. The fraction of sp³-hybridized carbons (Fsp3) is 1.00. The molecule has 2 atom stereocenters. The van der Waals surface area contributed by atoms with E-state index in [1.54, 1.807) is 0 Å². The molecule has 2 saturated heterocycles. The SMILES string of the molecule is CCCC1(CNCCC2CCCO2)CCCNC1. The normalized spacial score (nSPS) is 32.8. The first-order valence-corrected chi connectivity index (χ1v) is 7.88. The number of hydrogen-bond donors (Lipinski definition) is 2. The van der Waals surface area contributed by atoms with Crippen molar-refractivity contribution in [1.29, 1.82) is 0 Å². The highest BCUT2D eigenvalue weighted by Crippen LogP contribution is 2.30. The van der Waals surface area contributed by atoms with Crippen molar-refractivity contribution >= 4 is 0 Å². The number of nitrogens with one attached hydrogen (secondary N) is 2. The van der Waals surface area contributed by atoms with Gasteiger partial charge in [-0.15, -0.1) is 0 Å². The van der Waals surface area contributed by atoms with Gasteiger partial charge in [0.1, 0.15) is 0 Å². The lowest BCUT2D eigenvalue weighted by Gasteiger charge is -2.38. The smallest absolute Gasteiger partial charge is 0.0588 e. The second kappa shape index (κ2) is 7.46. The van der Waals surface area contributed by atoms with Gasteiger partial charge in [-0.25, -0.2) is 0 Å². The highest BCUT2D eigenvalue weighted by molar-refractivity contribution is 4.87. The van der Waals surface area contributed by atoms with Crippen LogP contribution in [0.3, 0.4) is 0 Å². The number of rotatable bonds is 7. The maximum Gasteiger partial charge on any atom is 0.0588 e. The van der Waals surface area contributed by atoms with Crippen LogP contribution in [0.15, 0.2) is 0 Å². The summed E-state index contributed by atoms with van der Waals surface area (Å²) in [6.45, 7) is 8.00. The van der Waals surface area contributed by atoms with Crippen molar-refractivity contribution in [2.24, 2.45) is 5.41 Å². The van der Waals surface area contributed by atoms with Crippen LogP contribution in [0.1, 0.15) is 51.9 Å². The highest BCUT2D eigenvalue weighted by Gasteiger charge is 2.30. The molecule has 0 aromatic heterocycles. The van der Waals surface area contributed by atoms with Crippen molar-refractivity contribution in [1.82, 2.24) is 10.6 Å². The lowest BCUT2D eigenvalue weighted by Crippen LogP contribution is -2.46. The van der Waals surface area contributed by atoms with Gasteiger partial charge < -0.3 is 15.4 Å². The molecule has 2 unspecified atom stereocenters. The van der Waals surface area contributed by atoms with E-state index in [1.165, 1.54) is 64.6 Å². The largest absolute Gasteiger partial charge is 0.378 e. The van der Waals surface area contributed by atoms with Crippen LogP contribution < -0.4 is 10.6 Å². The van der Waals surface area contributed by atoms with Crippen molar-refractivity contribution in [2.75, 3.05) is 32.8 Å².